The highest BCUT2D eigenvalue weighted by atomic mass is 32.1. The van der Waals surface area contributed by atoms with E-state index >= 15 is 0 Å². The first-order chi connectivity index (χ1) is 9.49. The Morgan fingerprint density at radius 1 is 1.45 bits per heavy atom. The summed E-state index contributed by atoms with van der Waals surface area (Å²) in [5.74, 6) is 0.629. The Bertz CT molecular complexity index is 596. The van der Waals surface area contributed by atoms with Gasteiger partial charge >= 0.3 is 5.69 Å². The van der Waals surface area contributed by atoms with Crippen LogP contribution in [0.15, 0.2) is 29.8 Å². The molecule has 1 atom stereocenters. The average Bonchev–Trinajstić information content (AvgIpc) is 2.90. The molecule has 2 aromatic rings. The number of hydrogen-bond acceptors (Lipinski definition) is 5. The van der Waals surface area contributed by atoms with Crippen LogP contribution in [0.3, 0.4) is 0 Å². The van der Waals surface area contributed by atoms with Gasteiger partial charge in [-0.3, -0.25) is 10.1 Å². The van der Waals surface area contributed by atoms with Crippen LogP contribution in [0.25, 0.3) is 0 Å². The standard InChI is InChI=1S/C14H17N3O2S/c1-9(2)13(12-5-4-6-20-12)16-14-11(17(18)19)7-10(3)8-15-14/h4-9,13H,1-3H3,(H,15,16). The van der Waals surface area contributed by atoms with Crippen molar-refractivity contribution in [3.8, 4) is 0 Å². The second kappa shape index (κ2) is 6.00. The molecule has 0 aromatic carbocycles. The summed E-state index contributed by atoms with van der Waals surface area (Å²) in [6, 6.07) is 5.57. The number of rotatable bonds is 5. The molecule has 0 aliphatic rings. The van der Waals surface area contributed by atoms with Crippen molar-refractivity contribution in [1.29, 1.82) is 0 Å². The quantitative estimate of drug-likeness (QED) is 0.663. The van der Waals surface area contributed by atoms with E-state index in [-0.39, 0.29) is 11.7 Å². The van der Waals surface area contributed by atoms with Crippen molar-refractivity contribution in [2.75, 3.05) is 5.32 Å². The van der Waals surface area contributed by atoms with E-state index in [2.05, 4.69) is 24.1 Å². The summed E-state index contributed by atoms with van der Waals surface area (Å²) in [6.07, 6.45) is 1.64. The van der Waals surface area contributed by atoms with Crippen LogP contribution in [0.5, 0.6) is 0 Å². The van der Waals surface area contributed by atoms with Gasteiger partial charge in [-0.25, -0.2) is 4.98 Å². The lowest BCUT2D eigenvalue weighted by Gasteiger charge is -2.21. The zero-order chi connectivity index (χ0) is 14.7. The minimum Gasteiger partial charge on any atom is -0.356 e. The zero-order valence-corrected chi connectivity index (χ0v) is 12.5. The third-order valence-corrected chi connectivity index (χ3v) is 3.96. The maximum Gasteiger partial charge on any atom is 0.311 e. The number of pyridine rings is 1. The van der Waals surface area contributed by atoms with Gasteiger partial charge in [0, 0.05) is 17.1 Å². The van der Waals surface area contributed by atoms with Gasteiger partial charge in [0.05, 0.1) is 11.0 Å². The maximum atomic E-state index is 11.1. The molecular weight excluding hydrogens is 274 g/mol. The monoisotopic (exact) mass is 291 g/mol. The normalized spacial score (nSPS) is 12.4. The Balaban J connectivity index is 2.34. The van der Waals surface area contributed by atoms with Crippen molar-refractivity contribution in [2.45, 2.75) is 26.8 Å². The molecule has 0 bridgehead atoms. The lowest BCUT2D eigenvalue weighted by atomic mass is 10.0. The molecule has 1 N–H and O–H groups in total. The van der Waals surface area contributed by atoms with Crippen LogP contribution in [0.4, 0.5) is 11.5 Å². The summed E-state index contributed by atoms with van der Waals surface area (Å²) in [5.41, 5.74) is 0.798. The van der Waals surface area contributed by atoms with E-state index in [4.69, 9.17) is 0 Å². The fraction of sp³-hybridized carbons (Fsp3) is 0.357. The minimum absolute atomic E-state index is 0.0175. The molecule has 0 aliphatic heterocycles. The predicted molar refractivity (Wildman–Crippen MR) is 81.1 cm³/mol. The van der Waals surface area contributed by atoms with Crippen LogP contribution in [-0.2, 0) is 0 Å². The molecule has 0 saturated heterocycles. The average molecular weight is 291 g/mol. The first kappa shape index (κ1) is 14.5. The van der Waals surface area contributed by atoms with E-state index in [0.717, 1.165) is 10.4 Å². The molecule has 2 aromatic heterocycles. The molecule has 2 heterocycles. The highest BCUT2D eigenvalue weighted by Crippen LogP contribution is 2.32. The lowest BCUT2D eigenvalue weighted by molar-refractivity contribution is -0.384. The molecule has 0 radical (unpaired) electrons. The number of nitro groups is 1. The molecule has 0 saturated carbocycles. The van der Waals surface area contributed by atoms with E-state index in [1.165, 1.54) is 0 Å². The number of nitrogens with one attached hydrogen (secondary N) is 1. The first-order valence-electron chi connectivity index (χ1n) is 6.40. The fourth-order valence-electron chi connectivity index (χ4n) is 1.99. The third kappa shape index (κ3) is 3.14. The fourth-order valence-corrected chi connectivity index (χ4v) is 2.94. The molecule has 0 aliphatic carbocycles. The summed E-state index contributed by atoms with van der Waals surface area (Å²) < 4.78 is 0. The Kier molecular flexibility index (Phi) is 4.34. The van der Waals surface area contributed by atoms with Gasteiger partial charge in [0.25, 0.3) is 0 Å². The van der Waals surface area contributed by atoms with Crippen LogP contribution in [0.1, 0.15) is 30.3 Å². The number of aromatic nitrogens is 1. The van der Waals surface area contributed by atoms with Crippen LogP contribution in [0.2, 0.25) is 0 Å². The number of hydrogen-bond donors (Lipinski definition) is 1. The number of anilines is 1. The van der Waals surface area contributed by atoms with Gasteiger partial charge in [-0.15, -0.1) is 11.3 Å². The smallest absolute Gasteiger partial charge is 0.311 e. The van der Waals surface area contributed by atoms with Gasteiger partial charge < -0.3 is 5.32 Å². The lowest BCUT2D eigenvalue weighted by Crippen LogP contribution is -2.17. The molecule has 20 heavy (non-hydrogen) atoms. The highest BCUT2D eigenvalue weighted by Gasteiger charge is 2.22. The highest BCUT2D eigenvalue weighted by molar-refractivity contribution is 7.10. The van der Waals surface area contributed by atoms with Crippen LogP contribution in [-0.4, -0.2) is 9.91 Å². The van der Waals surface area contributed by atoms with E-state index < -0.39 is 4.92 Å². The van der Waals surface area contributed by atoms with E-state index in [0.29, 0.717) is 11.7 Å². The van der Waals surface area contributed by atoms with Gasteiger partial charge in [-0.05, 0) is 29.9 Å². The largest absolute Gasteiger partial charge is 0.356 e. The van der Waals surface area contributed by atoms with Gasteiger partial charge in [-0.1, -0.05) is 19.9 Å². The molecule has 106 valence electrons. The van der Waals surface area contributed by atoms with Crippen molar-refractivity contribution in [2.24, 2.45) is 5.92 Å². The molecule has 1 unspecified atom stereocenters. The van der Waals surface area contributed by atoms with Crippen LogP contribution in [0, 0.1) is 23.0 Å². The molecule has 2 rings (SSSR count). The molecule has 5 nitrogen and oxygen atoms in total. The first-order valence-corrected chi connectivity index (χ1v) is 7.28. The van der Waals surface area contributed by atoms with E-state index in [1.807, 2.05) is 17.5 Å². The zero-order valence-electron chi connectivity index (χ0n) is 11.7. The second-order valence-corrected chi connectivity index (χ2v) is 6.00. The van der Waals surface area contributed by atoms with E-state index in [9.17, 15) is 10.1 Å². The van der Waals surface area contributed by atoms with Crippen molar-refractivity contribution < 1.29 is 4.92 Å². The summed E-state index contributed by atoms with van der Waals surface area (Å²) in [5, 5.41) is 16.4. The Labute approximate surface area is 121 Å². The summed E-state index contributed by atoms with van der Waals surface area (Å²) >= 11 is 1.64. The third-order valence-electron chi connectivity index (χ3n) is 3.01. The Morgan fingerprint density at radius 2 is 2.20 bits per heavy atom. The van der Waals surface area contributed by atoms with Gasteiger partial charge in [0.1, 0.15) is 0 Å². The number of aryl methyl sites for hydroxylation is 1. The second-order valence-electron chi connectivity index (χ2n) is 5.02. The molecule has 0 fully saturated rings. The van der Waals surface area contributed by atoms with Crippen LogP contribution >= 0.6 is 11.3 Å². The predicted octanol–water partition coefficient (Wildman–Crippen LogP) is 4.17. The van der Waals surface area contributed by atoms with Crippen LogP contribution < -0.4 is 5.32 Å². The molecule has 0 spiro atoms. The Hall–Kier alpha value is -1.95. The summed E-state index contributed by atoms with van der Waals surface area (Å²) in [7, 11) is 0. The van der Waals surface area contributed by atoms with Crippen molar-refractivity contribution >= 4 is 22.8 Å². The Morgan fingerprint density at radius 3 is 2.75 bits per heavy atom. The number of nitrogens with zero attached hydrogens (tertiary/aromatic N) is 2. The molecule has 6 heteroatoms. The molecule has 0 amide bonds. The number of thiophene rings is 1. The van der Waals surface area contributed by atoms with Gasteiger partial charge in [0.2, 0.25) is 5.82 Å². The van der Waals surface area contributed by atoms with Crippen molar-refractivity contribution in [3.63, 3.8) is 0 Å². The minimum atomic E-state index is -0.395. The van der Waals surface area contributed by atoms with Crippen molar-refractivity contribution in [3.05, 3.63) is 50.3 Å². The van der Waals surface area contributed by atoms with Crippen molar-refractivity contribution in [1.82, 2.24) is 4.98 Å². The SMILES string of the molecule is Cc1cnc(NC(c2cccs2)C(C)C)c([N+](=O)[O-])c1. The van der Waals surface area contributed by atoms with Gasteiger partial charge in [-0.2, -0.15) is 0 Å². The van der Waals surface area contributed by atoms with Gasteiger partial charge in [0.15, 0.2) is 0 Å². The summed E-state index contributed by atoms with van der Waals surface area (Å²) in [4.78, 5) is 16.1. The molecular formula is C14H17N3O2S. The topological polar surface area (TPSA) is 68.1 Å². The maximum absolute atomic E-state index is 11.1. The van der Waals surface area contributed by atoms with E-state index in [1.54, 1.807) is 30.5 Å². The summed E-state index contributed by atoms with van der Waals surface area (Å²) in [6.45, 7) is 5.96.